The standard InChI is InChI=1S/C22H25N3O5S/c1-5-6-16(26)14-7-8-17-15(9-14)25(22(29)12(3)30-17)10-18(27)24-21-19(20(23)28)11(2)13(4)31-21/h7-9,12H,5-6,10H2,1-4H3,(H2,23,28)(H,24,27). The number of amides is 3. The van der Waals surface area contributed by atoms with Crippen molar-refractivity contribution in [2.24, 2.45) is 5.73 Å². The van der Waals surface area contributed by atoms with Gasteiger partial charge in [-0.05, 0) is 51.0 Å². The summed E-state index contributed by atoms with van der Waals surface area (Å²) in [6.45, 7) is 6.82. The molecule has 0 saturated carbocycles. The van der Waals surface area contributed by atoms with Crippen molar-refractivity contribution in [2.45, 2.75) is 46.6 Å². The van der Waals surface area contributed by atoms with Crippen LogP contribution in [0.4, 0.5) is 10.7 Å². The Kier molecular flexibility index (Phi) is 6.45. The average molecular weight is 444 g/mol. The quantitative estimate of drug-likeness (QED) is 0.637. The molecule has 1 atom stereocenters. The molecule has 0 spiro atoms. The summed E-state index contributed by atoms with van der Waals surface area (Å²) in [6, 6.07) is 4.88. The Labute approximate surface area is 184 Å². The molecule has 164 valence electrons. The lowest BCUT2D eigenvalue weighted by atomic mass is 10.0. The Balaban J connectivity index is 1.89. The van der Waals surface area contributed by atoms with Crippen molar-refractivity contribution in [2.75, 3.05) is 16.8 Å². The average Bonchev–Trinajstić information content (AvgIpc) is 2.98. The van der Waals surface area contributed by atoms with E-state index in [9.17, 15) is 19.2 Å². The van der Waals surface area contributed by atoms with Crippen LogP contribution in [0.1, 0.15) is 57.8 Å². The first-order chi connectivity index (χ1) is 14.6. The van der Waals surface area contributed by atoms with Crippen molar-refractivity contribution in [3.63, 3.8) is 0 Å². The van der Waals surface area contributed by atoms with Crippen LogP contribution < -0.4 is 20.7 Å². The number of ketones is 1. The summed E-state index contributed by atoms with van der Waals surface area (Å²) in [5.74, 6) is -1.12. The summed E-state index contributed by atoms with van der Waals surface area (Å²) in [5, 5.41) is 3.06. The molecule has 3 N–H and O–H groups in total. The maximum atomic E-state index is 12.8. The van der Waals surface area contributed by atoms with Crippen LogP contribution in [0.25, 0.3) is 0 Å². The zero-order valence-corrected chi connectivity index (χ0v) is 18.7. The van der Waals surface area contributed by atoms with E-state index in [1.54, 1.807) is 32.0 Å². The van der Waals surface area contributed by atoms with Gasteiger partial charge in [0.2, 0.25) is 5.91 Å². The number of rotatable bonds is 7. The summed E-state index contributed by atoms with van der Waals surface area (Å²) in [7, 11) is 0. The van der Waals surface area contributed by atoms with E-state index in [4.69, 9.17) is 10.5 Å². The molecule has 9 heteroatoms. The number of Topliss-reactive ketones (excluding diaryl/α,β-unsaturated/α-hetero) is 1. The molecule has 1 aromatic heterocycles. The van der Waals surface area contributed by atoms with E-state index >= 15 is 0 Å². The first-order valence-electron chi connectivity index (χ1n) is 9.98. The van der Waals surface area contributed by atoms with Gasteiger partial charge in [-0.25, -0.2) is 0 Å². The molecule has 2 heterocycles. The Bertz CT molecular complexity index is 1080. The van der Waals surface area contributed by atoms with E-state index in [2.05, 4.69) is 5.32 Å². The van der Waals surface area contributed by atoms with E-state index in [0.29, 0.717) is 40.4 Å². The number of carbonyl (C=O) groups is 4. The van der Waals surface area contributed by atoms with Gasteiger partial charge in [0.05, 0.1) is 11.3 Å². The van der Waals surface area contributed by atoms with Crippen molar-refractivity contribution in [1.82, 2.24) is 0 Å². The Hall–Kier alpha value is -3.20. The molecular weight excluding hydrogens is 418 g/mol. The van der Waals surface area contributed by atoms with Crippen LogP contribution in [0.5, 0.6) is 5.75 Å². The van der Waals surface area contributed by atoms with Gasteiger partial charge in [-0.3, -0.25) is 24.1 Å². The molecule has 2 aromatic rings. The molecule has 1 aliphatic heterocycles. The molecular formula is C22H25N3O5S. The first kappa shape index (κ1) is 22.5. The first-order valence-corrected chi connectivity index (χ1v) is 10.8. The summed E-state index contributed by atoms with van der Waals surface area (Å²) >= 11 is 1.25. The number of carbonyl (C=O) groups excluding carboxylic acids is 4. The van der Waals surface area contributed by atoms with Crippen LogP contribution in [-0.2, 0) is 9.59 Å². The number of fused-ring (bicyclic) bond motifs is 1. The number of nitrogens with zero attached hydrogens (tertiary/aromatic N) is 1. The highest BCUT2D eigenvalue weighted by atomic mass is 32.1. The smallest absolute Gasteiger partial charge is 0.268 e. The van der Waals surface area contributed by atoms with E-state index < -0.39 is 23.8 Å². The van der Waals surface area contributed by atoms with E-state index in [1.165, 1.54) is 16.2 Å². The number of anilines is 2. The number of primary amides is 1. The molecule has 0 aliphatic carbocycles. The summed E-state index contributed by atoms with van der Waals surface area (Å²) < 4.78 is 5.65. The van der Waals surface area contributed by atoms with E-state index in [-0.39, 0.29) is 17.9 Å². The van der Waals surface area contributed by atoms with Gasteiger partial charge in [0.1, 0.15) is 17.3 Å². The predicted molar refractivity (Wildman–Crippen MR) is 119 cm³/mol. The van der Waals surface area contributed by atoms with Crippen LogP contribution in [0.15, 0.2) is 18.2 Å². The predicted octanol–water partition coefficient (Wildman–Crippen LogP) is 3.20. The maximum Gasteiger partial charge on any atom is 0.268 e. The molecule has 0 bridgehead atoms. The fourth-order valence-corrected chi connectivity index (χ4v) is 4.52. The minimum Gasteiger partial charge on any atom is -0.479 e. The number of hydrogen-bond acceptors (Lipinski definition) is 6. The molecule has 1 aliphatic rings. The van der Waals surface area contributed by atoms with Gasteiger partial charge in [0.15, 0.2) is 11.9 Å². The third-order valence-corrected chi connectivity index (χ3v) is 6.28. The molecule has 0 fully saturated rings. The van der Waals surface area contributed by atoms with Gasteiger partial charge < -0.3 is 15.8 Å². The molecule has 1 unspecified atom stereocenters. The number of nitrogens with two attached hydrogens (primary N) is 1. The van der Waals surface area contributed by atoms with Crippen molar-refractivity contribution in [1.29, 1.82) is 0 Å². The molecule has 0 saturated heterocycles. The zero-order chi connectivity index (χ0) is 22.9. The third-order valence-electron chi connectivity index (χ3n) is 5.15. The highest BCUT2D eigenvalue weighted by Crippen LogP contribution is 2.36. The Morgan fingerprint density at radius 1 is 1.26 bits per heavy atom. The fourth-order valence-electron chi connectivity index (χ4n) is 3.44. The number of ether oxygens (including phenoxy) is 1. The number of benzene rings is 1. The second-order valence-electron chi connectivity index (χ2n) is 7.44. The monoisotopic (exact) mass is 443 g/mol. The van der Waals surface area contributed by atoms with Gasteiger partial charge in [-0.2, -0.15) is 0 Å². The third kappa shape index (κ3) is 4.46. The SMILES string of the molecule is CCCC(=O)c1ccc2c(c1)N(CC(=O)Nc1sc(C)c(C)c1C(N)=O)C(=O)C(C)O2. The fraction of sp³-hybridized carbons (Fsp3) is 0.364. The Morgan fingerprint density at radius 3 is 2.61 bits per heavy atom. The van der Waals surface area contributed by atoms with E-state index in [1.807, 2.05) is 13.8 Å². The van der Waals surface area contributed by atoms with E-state index in [0.717, 1.165) is 4.88 Å². The number of nitrogens with one attached hydrogen (secondary N) is 1. The molecule has 3 rings (SSSR count). The topological polar surface area (TPSA) is 119 Å². The summed E-state index contributed by atoms with van der Waals surface area (Å²) in [4.78, 5) is 51.9. The van der Waals surface area contributed by atoms with Crippen LogP contribution in [0, 0.1) is 13.8 Å². The molecule has 31 heavy (non-hydrogen) atoms. The van der Waals surface area contributed by atoms with Crippen LogP contribution >= 0.6 is 11.3 Å². The van der Waals surface area contributed by atoms with Crippen molar-refractivity contribution in [3.8, 4) is 5.75 Å². The largest absolute Gasteiger partial charge is 0.479 e. The van der Waals surface area contributed by atoms with Crippen molar-refractivity contribution >= 4 is 45.5 Å². The minimum atomic E-state index is -0.773. The van der Waals surface area contributed by atoms with Gasteiger partial charge in [0, 0.05) is 16.9 Å². The molecule has 3 amide bonds. The number of thiophene rings is 1. The van der Waals surface area contributed by atoms with Gasteiger partial charge in [-0.15, -0.1) is 11.3 Å². The van der Waals surface area contributed by atoms with Gasteiger partial charge in [0.25, 0.3) is 11.8 Å². The molecule has 8 nitrogen and oxygen atoms in total. The second kappa shape index (κ2) is 8.89. The lowest BCUT2D eigenvalue weighted by Gasteiger charge is -2.32. The van der Waals surface area contributed by atoms with Crippen LogP contribution in [0.2, 0.25) is 0 Å². The normalized spacial score (nSPS) is 15.3. The van der Waals surface area contributed by atoms with Gasteiger partial charge in [-0.1, -0.05) is 6.92 Å². The zero-order valence-electron chi connectivity index (χ0n) is 17.9. The maximum absolute atomic E-state index is 12.8. The van der Waals surface area contributed by atoms with Crippen LogP contribution in [0.3, 0.4) is 0 Å². The lowest BCUT2D eigenvalue weighted by molar-refractivity contribution is -0.127. The Morgan fingerprint density at radius 2 is 1.97 bits per heavy atom. The van der Waals surface area contributed by atoms with Gasteiger partial charge >= 0.3 is 0 Å². The second-order valence-corrected chi connectivity index (χ2v) is 8.66. The van der Waals surface area contributed by atoms with Crippen molar-refractivity contribution in [3.05, 3.63) is 39.8 Å². The summed E-state index contributed by atoms with van der Waals surface area (Å²) in [6.07, 6.45) is 0.318. The molecule has 1 aromatic carbocycles. The summed E-state index contributed by atoms with van der Waals surface area (Å²) in [5.41, 5.74) is 7.28. The highest BCUT2D eigenvalue weighted by Gasteiger charge is 2.33. The highest BCUT2D eigenvalue weighted by molar-refractivity contribution is 7.16. The molecule has 0 radical (unpaired) electrons. The van der Waals surface area contributed by atoms with Crippen LogP contribution in [-0.4, -0.2) is 36.2 Å². The lowest BCUT2D eigenvalue weighted by Crippen LogP contribution is -2.47. The minimum absolute atomic E-state index is 0.0450. The number of hydrogen-bond donors (Lipinski definition) is 2. The number of aryl methyl sites for hydroxylation is 1. The van der Waals surface area contributed by atoms with Crippen molar-refractivity contribution < 1.29 is 23.9 Å².